The molecule has 120 valence electrons. The zero-order valence-corrected chi connectivity index (χ0v) is 13.2. The van der Waals surface area contributed by atoms with E-state index < -0.39 is 28.3 Å². The molecule has 8 heteroatoms. The summed E-state index contributed by atoms with van der Waals surface area (Å²) >= 11 is 1.40. The predicted octanol–water partition coefficient (Wildman–Crippen LogP) is -0.334. The maximum absolute atomic E-state index is 12.3. The second kappa shape index (κ2) is 4.73. The van der Waals surface area contributed by atoms with E-state index in [1.165, 1.54) is 16.7 Å². The summed E-state index contributed by atoms with van der Waals surface area (Å²) in [5.74, 6) is -1.72. The number of nitrogens with two attached hydrogens (primary N) is 1. The first-order valence-corrected chi connectivity index (χ1v) is 8.03. The number of carboxylic acid groups (broad SMARTS) is 1. The van der Waals surface area contributed by atoms with Crippen molar-refractivity contribution >= 4 is 29.5 Å². The molecule has 2 fully saturated rings. The molecular weight excluding hydrogens is 306 g/mol. The van der Waals surface area contributed by atoms with E-state index >= 15 is 0 Å². The molecule has 0 bridgehead atoms. The lowest BCUT2D eigenvalue weighted by Gasteiger charge is -2.44. The van der Waals surface area contributed by atoms with Gasteiger partial charge in [0.05, 0.1) is 0 Å². The second-order valence-corrected chi connectivity index (χ2v) is 8.36. The van der Waals surface area contributed by atoms with Gasteiger partial charge in [-0.3, -0.25) is 9.59 Å². The van der Waals surface area contributed by atoms with Crippen LogP contribution in [0.15, 0.2) is 12.2 Å². The lowest BCUT2D eigenvalue weighted by atomic mass is 9.93. The molecule has 2 heterocycles. The number of thioether (sulfide) groups is 1. The Kier molecular flexibility index (Phi) is 3.30. The number of hydrogen-bond acceptors (Lipinski definition) is 5. The molecule has 3 atom stereocenters. The van der Waals surface area contributed by atoms with Gasteiger partial charge in [0.2, 0.25) is 11.8 Å². The molecule has 7 nitrogen and oxygen atoms in total. The molecule has 0 unspecified atom stereocenters. The van der Waals surface area contributed by atoms with Crippen LogP contribution in [0.1, 0.15) is 26.7 Å². The van der Waals surface area contributed by atoms with Gasteiger partial charge in [-0.15, -0.1) is 11.8 Å². The molecule has 2 saturated heterocycles. The first-order chi connectivity index (χ1) is 10.2. The van der Waals surface area contributed by atoms with E-state index in [0.717, 1.165) is 0 Å². The van der Waals surface area contributed by atoms with Crippen molar-refractivity contribution in [1.82, 2.24) is 10.2 Å². The zero-order valence-electron chi connectivity index (χ0n) is 12.4. The van der Waals surface area contributed by atoms with Gasteiger partial charge in [-0.2, -0.15) is 0 Å². The third kappa shape index (κ3) is 2.04. The third-order valence-electron chi connectivity index (χ3n) is 4.54. The molecule has 4 N–H and O–H groups in total. The van der Waals surface area contributed by atoms with Gasteiger partial charge in [0, 0.05) is 4.75 Å². The molecule has 3 aliphatic rings. The highest BCUT2D eigenvalue weighted by atomic mass is 32.2. The van der Waals surface area contributed by atoms with Crippen molar-refractivity contribution < 1.29 is 19.5 Å². The zero-order chi connectivity index (χ0) is 16.3. The molecule has 3 rings (SSSR count). The molecule has 0 aromatic carbocycles. The molecule has 2 amide bonds. The highest BCUT2D eigenvalue weighted by Crippen LogP contribution is 2.50. The molecule has 22 heavy (non-hydrogen) atoms. The summed E-state index contributed by atoms with van der Waals surface area (Å²) in [4.78, 5) is 37.4. The van der Waals surface area contributed by atoms with Crippen molar-refractivity contribution in [3.8, 4) is 0 Å². The van der Waals surface area contributed by atoms with Gasteiger partial charge in [-0.05, 0) is 26.7 Å². The lowest BCUT2D eigenvalue weighted by molar-refractivity contribution is -0.161. The molecule has 0 saturated carbocycles. The summed E-state index contributed by atoms with van der Waals surface area (Å²) in [7, 11) is 0. The highest BCUT2D eigenvalue weighted by Gasteiger charge is 2.64. The Labute approximate surface area is 132 Å². The van der Waals surface area contributed by atoms with Crippen LogP contribution in [-0.2, 0) is 14.4 Å². The summed E-state index contributed by atoms with van der Waals surface area (Å²) in [6, 6.07) is -1.56. The first-order valence-electron chi connectivity index (χ1n) is 7.15. The molecule has 2 aliphatic heterocycles. The Balaban J connectivity index is 1.73. The summed E-state index contributed by atoms with van der Waals surface area (Å²) in [5.41, 5.74) is 5.05. The number of amides is 2. The smallest absolute Gasteiger partial charge is 0.327 e. The number of aliphatic carboxylic acids is 1. The van der Waals surface area contributed by atoms with E-state index in [1.54, 1.807) is 13.8 Å². The van der Waals surface area contributed by atoms with Crippen LogP contribution in [0.5, 0.6) is 0 Å². The Morgan fingerprint density at radius 3 is 2.55 bits per heavy atom. The minimum Gasteiger partial charge on any atom is -0.480 e. The Bertz CT molecular complexity index is 581. The highest BCUT2D eigenvalue weighted by molar-refractivity contribution is 8.01. The van der Waals surface area contributed by atoms with Crippen molar-refractivity contribution in [2.24, 2.45) is 5.73 Å². The van der Waals surface area contributed by atoms with Gasteiger partial charge in [0.15, 0.2) is 0 Å². The van der Waals surface area contributed by atoms with Crippen molar-refractivity contribution in [2.45, 2.75) is 54.4 Å². The van der Waals surface area contributed by atoms with E-state index in [-0.39, 0.29) is 17.2 Å². The molecule has 1 aliphatic carbocycles. The van der Waals surface area contributed by atoms with Crippen LogP contribution in [0.2, 0.25) is 0 Å². The molecule has 0 radical (unpaired) electrons. The first kappa shape index (κ1) is 15.4. The number of nitrogens with zero attached hydrogens (tertiary/aromatic N) is 1. The molecular formula is C14H19N3O4S. The van der Waals surface area contributed by atoms with Crippen molar-refractivity contribution in [3.05, 3.63) is 12.2 Å². The van der Waals surface area contributed by atoms with Crippen LogP contribution in [0.4, 0.5) is 0 Å². The van der Waals surface area contributed by atoms with Gasteiger partial charge in [0.25, 0.3) is 0 Å². The van der Waals surface area contributed by atoms with E-state index in [2.05, 4.69) is 5.32 Å². The van der Waals surface area contributed by atoms with Gasteiger partial charge < -0.3 is 21.1 Å². The number of fused-ring (bicyclic) bond motifs is 1. The van der Waals surface area contributed by atoms with Crippen LogP contribution < -0.4 is 11.1 Å². The molecule has 0 spiro atoms. The standard InChI is InChI=1S/C14H19N3O4S/c1-13(2)8(11(19)20)17-9(18)7(10(17)22-13)16-12(21)14(15)5-3-4-6-14/h3-4,7-8,10H,5-6,15H2,1-2H3,(H,16,21)(H,19,20)/t7-,8+,10-/m1/s1. The molecule has 0 aromatic rings. The predicted molar refractivity (Wildman–Crippen MR) is 81.0 cm³/mol. The van der Waals surface area contributed by atoms with Gasteiger partial charge in [0.1, 0.15) is 23.0 Å². The number of β-lactam (4-membered cyclic amide) rings is 1. The van der Waals surface area contributed by atoms with Crippen LogP contribution in [-0.4, -0.2) is 55.5 Å². The topological polar surface area (TPSA) is 113 Å². The molecule has 0 aromatic heterocycles. The number of nitrogens with one attached hydrogen (secondary N) is 1. The third-order valence-corrected chi connectivity index (χ3v) is 6.12. The van der Waals surface area contributed by atoms with Crippen LogP contribution in [0.3, 0.4) is 0 Å². The largest absolute Gasteiger partial charge is 0.480 e. The van der Waals surface area contributed by atoms with E-state index in [9.17, 15) is 19.5 Å². The number of carbonyl (C=O) groups excluding carboxylic acids is 2. The Morgan fingerprint density at radius 1 is 1.41 bits per heavy atom. The van der Waals surface area contributed by atoms with Crippen molar-refractivity contribution in [1.29, 1.82) is 0 Å². The normalized spacial score (nSPS) is 34.2. The van der Waals surface area contributed by atoms with Gasteiger partial charge in [-0.1, -0.05) is 12.2 Å². The summed E-state index contributed by atoms with van der Waals surface area (Å²) < 4.78 is -0.596. The van der Waals surface area contributed by atoms with E-state index in [1.807, 2.05) is 12.2 Å². The van der Waals surface area contributed by atoms with Gasteiger partial charge >= 0.3 is 5.97 Å². The van der Waals surface area contributed by atoms with Crippen molar-refractivity contribution in [2.75, 3.05) is 0 Å². The Hall–Kier alpha value is -1.54. The summed E-state index contributed by atoms with van der Waals surface area (Å²) in [6.07, 6.45) is 4.60. The lowest BCUT2D eigenvalue weighted by Crippen LogP contribution is -2.72. The van der Waals surface area contributed by atoms with E-state index in [0.29, 0.717) is 12.8 Å². The average Bonchev–Trinajstić information content (AvgIpc) is 2.96. The number of hydrogen-bond donors (Lipinski definition) is 3. The average molecular weight is 325 g/mol. The van der Waals surface area contributed by atoms with E-state index in [4.69, 9.17) is 5.73 Å². The SMILES string of the molecule is CC1(C)S[C@@H]2[C@H](NC(=O)C3(N)CC=CC3)C(=O)N2[C@H]1C(=O)O. The fourth-order valence-corrected chi connectivity index (χ4v) is 4.91. The monoisotopic (exact) mass is 325 g/mol. The Morgan fingerprint density at radius 2 is 2.00 bits per heavy atom. The quantitative estimate of drug-likeness (QED) is 0.483. The van der Waals surface area contributed by atoms with Crippen molar-refractivity contribution in [3.63, 3.8) is 0 Å². The fraction of sp³-hybridized carbons (Fsp3) is 0.643. The number of rotatable bonds is 3. The van der Waals surface area contributed by atoms with Crippen LogP contribution in [0.25, 0.3) is 0 Å². The fourth-order valence-electron chi connectivity index (χ4n) is 3.29. The maximum atomic E-state index is 12.3. The maximum Gasteiger partial charge on any atom is 0.327 e. The number of carboxylic acids is 1. The second-order valence-electron chi connectivity index (χ2n) is 6.59. The van der Waals surface area contributed by atoms with Gasteiger partial charge in [-0.25, -0.2) is 4.79 Å². The number of carbonyl (C=O) groups is 3. The van der Waals surface area contributed by atoms with Crippen LogP contribution in [0, 0.1) is 0 Å². The minimum atomic E-state index is -1.02. The summed E-state index contributed by atoms with van der Waals surface area (Å²) in [5, 5.41) is 11.7. The summed E-state index contributed by atoms with van der Waals surface area (Å²) in [6.45, 7) is 3.60. The van der Waals surface area contributed by atoms with Crippen LogP contribution >= 0.6 is 11.8 Å². The minimum absolute atomic E-state index is 0.342.